The maximum absolute atomic E-state index is 12.1. The Morgan fingerprint density at radius 1 is 1.15 bits per heavy atom. The number of benzene rings is 1. The Balaban J connectivity index is 1.51. The molecule has 0 saturated heterocycles. The van der Waals surface area contributed by atoms with Gasteiger partial charge in [0.05, 0.1) is 10.5 Å². The van der Waals surface area contributed by atoms with Crippen LogP contribution >= 0.6 is 0 Å². The summed E-state index contributed by atoms with van der Waals surface area (Å²) in [5.41, 5.74) is 0.834. The fourth-order valence-electron chi connectivity index (χ4n) is 2.32. The lowest BCUT2D eigenvalue weighted by atomic mass is 10.2. The van der Waals surface area contributed by atoms with Crippen LogP contribution in [0.3, 0.4) is 0 Å². The van der Waals surface area contributed by atoms with E-state index in [0.717, 1.165) is 0 Å². The molecule has 2 N–H and O–H groups in total. The van der Waals surface area contributed by atoms with E-state index in [1.165, 1.54) is 12.3 Å². The minimum Gasteiger partial charge on any atom is -0.378 e. The summed E-state index contributed by atoms with van der Waals surface area (Å²) in [7, 11) is 0. The Kier molecular flexibility index (Phi) is 5.18. The highest BCUT2D eigenvalue weighted by atomic mass is 16.6. The number of nitro benzene ring substituents is 1. The first-order chi connectivity index (χ1) is 12.6. The molecular formula is C17H16N6O3. The predicted molar refractivity (Wildman–Crippen MR) is 95.3 cm³/mol. The Labute approximate surface area is 148 Å². The molecule has 2 heterocycles. The molecule has 0 aliphatic carbocycles. The number of amides is 1. The number of hydrogen-bond donors (Lipinski definition) is 2. The number of hydrogen-bond acceptors (Lipinski definition) is 6. The van der Waals surface area contributed by atoms with Crippen molar-refractivity contribution in [1.82, 2.24) is 20.1 Å². The molecule has 0 bridgehead atoms. The van der Waals surface area contributed by atoms with Crippen molar-refractivity contribution in [3.05, 3.63) is 76.7 Å². The second-order valence-electron chi connectivity index (χ2n) is 5.31. The second-order valence-corrected chi connectivity index (χ2v) is 5.31. The van der Waals surface area contributed by atoms with E-state index in [0.29, 0.717) is 30.2 Å². The van der Waals surface area contributed by atoms with Gasteiger partial charge >= 0.3 is 0 Å². The van der Waals surface area contributed by atoms with E-state index < -0.39 is 4.92 Å². The first kappa shape index (κ1) is 17.1. The molecule has 0 fully saturated rings. The summed E-state index contributed by atoms with van der Waals surface area (Å²) in [6.07, 6.45) is 4.88. The lowest BCUT2D eigenvalue weighted by Crippen LogP contribution is -2.29. The maximum Gasteiger partial charge on any atom is 0.292 e. The van der Waals surface area contributed by atoms with Gasteiger partial charge in [-0.15, -0.1) is 0 Å². The Morgan fingerprint density at radius 3 is 2.69 bits per heavy atom. The van der Waals surface area contributed by atoms with Gasteiger partial charge in [-0.05, 0) is 24.3 Å². The molecule has 2 aromatic heterocycles. The van der Waals surface area contributed by atoms with Crippen LogP contribution in [0.1, 0.15) is 10.4 Å². The van der Waals surface area contributed by atoms with Gasteiger partial charge in [-0.3, -0.25) is 14.9 Å². The molecule has 3 aromatic rings. The zero-order valence-corrected chi connectivity index (χ0v) is 13.7. The molecule has 1 amide bonds. The van der Waals surface area contributed by atoms with Crippen molar-refractivity contribution in [3.63, 3.8) is 0 Å². The Morgan fingerprint density at radius 2 is 2.00 bits per heavy atom. The van der Waals surface area contributed by atoms with Gasteiger partial charge in [0.25, 0.3) is 11.6 Å². The molecule has 3 rings (SSSR count). The minimum absolute atomic E-state index is 0.00256. The number of nitrogens with one attached hydrogen (secondary N) is 2. The van der Waals surface area contributed by atoms with Crippen LogP contribution in [0, 0.1) is 10.1 Å². The van der Waals surface area contributed by atoms with Gasteiger partial charge in [-0.1, -0.05) is 12.1 Å². The molecule has 0 spiro atoms. The lowest BCUT2D eigenvalue weighted by molar-refractivity contribution is -0.384. The van der Waals surface area contributed by atoms with Crippen molar-refractivity contribution in [2.24, 2.45) is 0 Å². The van der Waals surface area contributed by atoms with Gasteiger partial charge in [-0.25, -0.2) is 9.67 Å². The molecule has 0 aliphatic heterocycles. The van der Waals surface area contributed by atoms with Gasteiger partial charge in [0.1, 0.15) is 5.69 Å². The SMILES string of the molecule is O=C(NCCNc1ccccc1[N+](=O)[O-])c1ccc(-n2cccn2)nc1. The van der Waals surface area contributed by atoms with E-state index in [1.54, 1.807) is 53.5 Å². The number of anilines is 1. The van der Waals surface area contributed by atoms with Crippen LogP contribution in [0.5, 0.6) is 0 Å². The lowest BCUT2D eigenvalue weighted by Gasteiger charge is -2.08. The summed E-state index contributed by atoms with van der Waals surface area (Å²) in [5.74, 6) is 0.346. The van der Waals surface area contributed by atoms with E-state index in [1.807, 2.05) is 0 Å². The van der Waals surface area contributed by atoms with Crippen molar-refractivity contribution in [2.75, 3.05) is 18.4 Å². The quantitative estimate of drug-likeness (QED) is 0.382. The standard InChI is InChI=1S/C17H16N6O3/c24-17(13-6-7-16(20-12-13)22-11-3-8-21-22)19-10-9-18-14-4-1-2-5-15(14)23(25)26/h1-8,11-12,18H,9-10H2,(H,19,24). The van der Waals surface area contributed by atoms with Crippen LogP contribution in [0.4, 0.5) is 11.4 Å². The van der Waals surface area contributed by atoms with Gasteiger partial charge in [0, 0.05) is 37.7 Å². The van der Waals surface area contributed by atoms with Gasteiger partial charge in [0.2, 0.25) is 0 Å². The molecule has 0 radical (unpaired) electrons. The van der Waals surface area contributed by atoms with E-state index in [-0.39, 0.29) is 11.6 Å². The Bertz CT molecular complexity index is 893. The second kappa shape index (κ2) is 7.88. The minimum atomic E-state index is -0.451. The predicted octanol–water partition coefficient (Wildman–Crippen LogP) is 2.02. The normalized spacial score (nSPS) is 10.3. The average molecular weight is 352 g/mol. The molecule has 26 heavy (non-hydrogen) atoms. The van der Waals surface area contributed by atoms with Crippen LogP contribution < -0.4 is 10.6 Å². The third kappa shape index (κ3) is 4.01. The summed E-state index contributed by atoms with van der Waals surface area (Å²) < 4.78 is 1.60. The number of nitrogens with zero attached hydrogens (tertiary/aromatic N) is 4. The molecule has 132 valence electrons. The van der Waals surface area contributed by atoms with E-state index in [4.69, 9.17) is 0 Å². The zero-order chi connectivity index (χ0) is 18.4. The van der Waals surface area contributed by atoms with Gasteiger partial charge in [0.15, 0.2) is 5.82 Å². The molecular weight excluding hydrogens is 336 g/mol. The number of rotatable bonds is 7. The third-order valence-electron chi connectivity index (χ3n) is 3.58. The first-order valence-corrected chi connectivity index (χ1v) is 7.87. The summed E-state index contributed by atoms with van der Waals surface area (Å²) in [4.78, 5) is 26.8. The molecule has 0 unspecified atom stereocenters. The third-order valence-corrected chi connectivity index (χ3v) is 3.58. The number of pyridine rings is 1. The highest BCUT2D eigenvalue weighted by molar-refractivity contribution is 5.93. The van der Waals surface area contributed by atoms with Crippen LogP contribution in [0.15, 0.2) is 61.1 Å². The molecule has 1 aromatic carbocycles. The van der Waals surface area contributed by atoms with E-state index in [9.17, 15) is 14.9 Å². The fourth-order valence-corrected chi connectivity index (χ4v) is 2.32. The van der Waals surface area contributed by atoms with Crippen LogP contribution in [0.2, 0.25) is 0 Å². The van der Waals surface area contributed by atoms with Crippen LogP contribution in [0.25, 0.3) is 5.82 Å². The smallest absolute Gasteiger partial charge is 0.292 e. The number of carbonyl (C=O) groups excluding carboxylic acids is 1. The summed E-state index contributed by atoms with van der Waals surface area (Å²) in [6, 6.07) is 11.5. The maximum atomic E-state index is 12.1. The molecule has 9 heteroatoms. The summed E-state index contributed by atoms with van der Waals surface area (Å²) in [5, 5.41) is 20.7. The Hall–Kier alpha value is -3.75. The zero-order valence-electron chi connectivity index (χ0n) is 13.7. The number of aromatic nitrogens is 3. The van der Waals surface area contributed by atoms with Crippen molar-refractivity contribution >= 4 is 17.3 Å². The highest BCUT2D eigenvalue weighted by Crippen LogP contribution is 2.22. The van der Waals surface area contributed by atoms with E-state index >= 15 is 0 Å². The highest BCUT2D eigenvalue weighted by Gasteiger charge is 2.11. The van der Waals surface area contributed by atoms with Crippen LogP contribution in [-0.4, -0.2) is 38.7 Å². The number of para-hydroxylation sites is 2. The van der Waals surface area contributed by atoms with E-state index in [2.05, 4.69) is 20.7 Å². The first-order valence-electron chi connectivity index (χ1n) is 7.87. The van der Waals surface area contributed by atoms with Gasteiger partial charge in [-0.2, -0.15) is 5.10 Å². The van der Waals surface area contributed by atoms with Crippen molar-refractivity contribution in [3.8, 4) is 5.82 Å². The monoisotopic (exact) mass is 352 g/mol. The molecule has 9 nitrogen and oxygen atoms in total. The van der Waals surface area contributed by atoms with Crippen molar-refractivity contribution in [2.45, 2.75) is 0 Å². The largest absolute Gasteiger partial charge is 0.378 e. The number of nitro groups is 1. The molecule has 0 atom stereocenters. The molecule has 0 saturated carbocycles. The molecule has 0 aliphatic rings. The fraction of sp³-hybridized carbons (Fsp3) is 0.118. The van der Waals surface area contributed by atoms with Crippen LogP contribution in [-0.2, 0) is 0 Å². The topological polar surface area (TPSA) is 115 Å². The summed E-state index contributed by atoms with van der Waals surface area (Å²) in [6.45, 7) is 0.668. The summed E-state index contributed by atoms with van der Waals surface area (Å²) >= 11 is 0. The van der Waals surface area contributed by atoms with Crippen molar-refractivity contribution < 1.29 is 9.72 Å². The average Bonchev–Trinajstić information content (AvgIpc) is 3.20. The number of carbonyl (C=O) groups is 1. The van der Waals surface area contributed by atoms with Gasteiger partial charge < -0.3 is 10.6 Å². The van der Waals surface area contributed by atoms with Crippen molar-refractivity contribution in [1.29, 1.82) is 0 Å².